The fourth-order valence-corrected chi connectivity index (χ4v) is 2.28. The van der Waals surface area contributed by atoms with Crippen LogP contribution < -0.4 is 5.32 Å². The van der Waals surface area contributed by atoms with Gasteiger partial charge in [-0.3, -0.25) is 4.79 Å². The molecule has 0 saturated heterocycles. The third kappa shape index (κ3) is 3.14. The molecule has 0 spiro atoms. The standard InChI is InChI=1S/C16H16N4O3/c1-11-4-2-3-5-12(11)14-10-15(20(18-14)7-8-21)17-16(22)13-6-9-23-19-13/h2-6,9-10,21H,7-8H2,1H3,(H,17,22). The topological polar surface area (TPSA) is 93.2 Å². The average Bonchev–Trinajstić information content (AvgIpc) is 3.19. The Labute approximate surface area is 132 Å². The monoisotopic (exact) mass is 312 g/mol. The zero-order chi connectivity index (χ0) is 16.2. The van der Waals surface area contributed by atoms with Gasteiger partial charge in [-0.2, -0.15) is 5.10 Å². The van der Waals surface area contributed by atoms with Gasteiger partial charge >= 0.3 is 0 Å². The molecular formula is C16H16N4O3. The highest BCUT2D eigenvalue weighted by atomic mass is 16.5. The number of aromatic nitrogens is 3. The largest absolute Gasteiger partial charge is 0.394 e. The average molecular weight is 312 g/mol. The first-order chi connectivity index (χ1) is 11.2. The third-order valence-corrected chi connectivity index (χ3v) is 3.42. The smallest absolute Gasteiger partial charge is 0.278 e. The van der Waals surface area contributed by atoms with Crippen LogP contribution >= 0.6 is 0 Å². The quantitative estimate of drug-likeness (QED) is 0.752. The van der Waals surface area contributed by atoms with Crippen molar-refractivity contribution in [1.29, 1.82) is 0 Å². The summed E-state index contributed by atoms with van der Waals surface area (Å²) in [5, 5.41) is 20.0. The number of hydrogen-bond acceptors (Lipinski definition) is 5. The summed E-state index contributed by atoms with van der Waals surface area (Å²) >= 11 is 0. The van der Waals surface area contributed by atoms with Crippen molar-refractivity contribution in [1.82, 2.24) is 14.9 Å². The Kier molecular flexibility index (Phi) is 4.20. The van der Waals surface area contributed by atoms with E-state index in [4.69, 9.17) is 0 Å². The van der Waals surface area contributed by atoms with E-state index >= 15 is 0 Å². The summed E-state index contributed by atoms with van der Waals surface area (Å²) in [5.74, 6) is 0.0967. The van der Waals surface area contributed by atoms with Crippen LogP contribution in [0.1, 0.15) is 16.1 Å². The Morgan fingerprint density at radius 1 is 1.35 bits per heavy atom. The first-order valence-electron chi connectivity index (χ1n) is 7.15. The molecule has 7 heteroatoms. The number of aryl methyl sites for hydroxylation is 1. The Morgan fingerprint density at radius 2 is 2.17 bits per heavy atom. The molecule has 2 heterocycles. The number of nitrogens with zero attached hydrogens (tertiary/aromatic N) is 3. The number of carbonyl (C=O) groups excluding carboxylic acids is 1. The van der Waals surface area contributed by atoms with E-state index in [0.29, 0.717) is 5.82 Å². The van der Waals surface area contributed by atoms with E-state index in [0.717, 1.165) is 16.8 Å². The van der Waals surface area contributed by atoms with Crippen molar-refractivity contribution in [2.75, 3.05) is 11.9 Å². The number of carbonyl (C=O) groups is 1. The summed E-state index contributed by atoms with van der Waals surface area (Å²) in [6, 6.07) is 11.1. The molecule has 0 radical (unpaired) electrons. The molecule has 0 saturated carbocycles. The number of rotatable bonds is 5. The van der Waals surface area contributed by atoms with Gasteiger partial charge in [0.05, 0.1) is 18.8 Å². The second kappa shape index (κ2) is 6.45. The van der Waals surface area contributed by atoms with Gasteiger partial charge in [0.25, 0.3) is 5.91 Å². The normalized spacial score (nSPS) is 10.7. The molecule has 2 aromatic heterocycles. The number of benzene rings is 1. The molecule has 118 valence electrons. The minimum absolute atomic E-state index is 0.0816. The van der Waals surface area contributed by atoms with Crippen LogP contribution in [0.3, 0.4) is 0 Å². The fourth-order valence-electron chi connectivity index (χ4n) is 2.28. The van der Waals surface area contributed by atoms with Gasteiger partial charge in [0, 0.05) is 17.7 Å². The number of amides is 1. The van der Waals surface area contributed by atoms with E-state index in [9.17, 15) is 9.90 Å². The molecule has 1 aromatic carbocycles. The van der Waals surface area contributed by atoms with Crippen molar-refractivity contribution in [3.63, 3.8) is 0 Å². The maximum absolute atomic E-state index is 12.1. The molecule has 23 heavy (non-hydrogen) atoms. The lowest BCUT2D eigenvalue weighted by Gasteiger charge is -2.05. The first-order valence-corrected chi connectivity index (χ1v) is 7.15. The van der Waals surface area contributed by atoms with Gasteiger partial charge in [-0.25, -0.2) is 4.68 Å². The lowest BCUT2D eigenvalue weighted by atomic mass is 10.1. The van der Waals surface area contributed by atoms with Crippen molar-refractivity contribution in [2.45, 2.75) is 13.5 Å². The minimum Gasteiger partial charge on any atom is -0.394 e. The molecule has 0 fully saturated rings. The van der Waals surface area contributed by atoms with Crippen molar-refractivity contribution in [2.24, 2.45) is 0 Å². The number of aliphatic hydroxyl groups excluding tert-OH is 1. The molecule has 7 nitrogen and oxygen atoms in total. The maximum Gasteiger partial charge on any atom is 0.278 e. The Morgan fingerprint density at radius 3 is 2.87 bits per heavy atom. The van der Waals surface area contributed by atoms with Gasteiger partial charge in [0.2, 0.25) is 0 Å². The highest BCUT2D eigenvalue weighted by molar-refractivity contribution is 6.02. The summed E-state index contributed by atoms with van der Waals surface area (Å²) in [6.07, 6.45) is 1.33. The molecule has 0 aliphatic heterocycles. The van der Waals surface area contributed by atoms with E-state index in [-0.39, 0.29) is 18.8 Å². The van der Waals surface area contributed by atoms with Crippen LogP contribution in [0.2, 0.25) is 0 Å². The second-order valence-electron chi connectivity index (χ2n) is 5.02. The van der Waals surface area contributed by atoms with Gasteiger partial charge in [-0.15, -0.1) is 0 Å². The summed E-state index contributed by atoms with van der Waals surface area (Å²) in [7, 11) is 0. The lowest BCUT2D eigenvalue weighted by Crippen LogP contribution is -2.16. The Balaban J connectivity index is 1.93. The summed E-state index contributed by atoms with van der Waals surface area (Å²) in [4.78, 5) is 12.1. The number of hydrogen-bond donors (Lipinski definition) is 2. The van der Waals surface area contributed by atoms with Crippen LogP contribution in [0.25, 0.3) is 11.3 Å². The van der Waals surface area contributed by atoms with E-state index < -0.39 is 5.91 Å². The second-order valence-corrected chi connectivity index (χ2v) is 5.02. The van der Waals surface area contributed by atoms with Crippen molar-refractivity contribution in [3.8, 4) is 11.3 Å². The van der Waals surface area contributed by atoms with Gasteiger partial charge < -0.3 is 14.9 Å². The molecule has 0 bridgehead atoms. The molecule has 2 N–H and O–H groups in total. The van der Waals surface area contributed by atoms with E-state index in [1.54, 1.807) is 10.7 Å². The zero-order valence-electron chi connectivity index (χ0n) is 12.6. The third-order valence-electron chi connectivity index (χ3n) is 3.42. The van der Waals surface area contributed by atoms with Gasteiger partial charge in [-0.1, -0.05) is 29.4 Å². The first kappa shape index (κ1) is 15.0. The van der Waals surface area contributed by atoms with Gasteiger partial charge in [-0.05, 0) is 12.5 Å². The highest BCUT2D eigenvalue weighted by Gasteiger charge is 2.15. The van der Waals surface area contributed by atoms with E-state index in [2.05, 4.69) is 20.1 Å². The number of aliphatic hydroxyl groups is 1. The molecule has 0 aliphatic rings. The predicted molar refractivity (Wildman–Crippen MR) is 83.9 cm³/mol. The number of nitrogens with one attached hydrogen (secondary N) is 1. The molecule has 3 rings (SSSR count). The van der Waals surface area contributed by atoms with Crippen molar-refractivity contribution in [3.05, 3.63) is 53.9 Å². The van der Waals surface area contributed by atoms with E-state index in [1.165, 1.54) is 12.3 Å². The Hall–Kier alpha value is -2.93. The summed E-state index contributed by atoms with van der Waals surface area (Å²) in [6.45, 7) is 2.19. The SMILES string of the molecule is Cc1ccccc1-c1cc(NC(=O)c2ccon2)n(CCO)n1. The van der Waals surface area contributed by atoms with Crippen LogP contribution in [0.15, 0.2) is 47.2 Å². The minimum atomic E-state index is -0.394. The Bertz CT molecular complexity index is 809. The van der Waals surface area contributed by atoms with Gasteiger partial charge in [0.15, 0.2) is 5.69 Å². The fraction of sp³-hybridized carbons (Fsp3) is 0.188. The van der Waals surface area contributed by atoms with Gasteiger partial charge in [0.1, 0.15) is 12.1 Å². The molecule has 0 unspecified atom stereocenters. The lowest BCUT2D eigenvalue weighted by molar-refractivity contribution is 0.101. The molecule has 3 aromatic rings. The molecule has 0 atom stereocenters. The van der Waals surface area contributed by atoms with Crippen LogP contribution in [-0.2, 0) is 6.54 Å². The highest BCUT2D eigenvalue weighted by Crippen LogP contribution is 2.25. The molecular weight excluding hydrogens is 296 g/mol. The van der Waals surface area contributed by atoms with Crippen LogP contribution in [-0.4, -0.2) is 32.6 Å². The van der Waals surface area contributed by atoms with Crippen molar-refractivity contribution < 1.29 is 14.4 Å². The predicted octanol–water partition coefficient (Wildman–Crippen LogP) is 2.09. The van der Waals surface area contributed by atoms with Crippen LogP contribution in [0.5, 0.6) is 0 Å². The van der Waals surface area contributed by atoms with Crippen molar-refractivity contribution >= 4 is 11.7 Å². The number of anilines is 1. The summed E-state index contributed by atoms with van der Waals surface area (Å²) in [5.41, 5.74) is 2.96. The molecule has 1 amide bonds. The maximum atomic E-state index is 12.1. The molecule has 0 aliphatic carbocycles. The van der Waals surface area contributed by atoms with Crippen LogP contribution in [0.4, 0.5) is 5.82 Å². The zero-order valence-corrected chi connectivity index (χ0v) is 12.6. The van der Waals surface area contributed by atoms with E-state index in [1.807, 2.05) is 31.2 Å². The summed E-state index contributed by atoms with van der Waals surface area (Å²) < 4.78 is 6.22. The van der Waals surface area contributed by atoms with Crippen LogP contribution in [0, 0.1) is 6.92 Å².